The lowest BCUT2D eigenvalue weighted by atomic mass is 9.96. The van der Waals surface area contributed by atoms with Crippen LogP contribution in [0, 0.1) is 0 Å². The molecule has 31 heavy (non-hydrogen) atoms. The van der Waals surface area contributed by atoms with E-state index in [9.17, 15) is 4.79 Å². The molecule has 0 aromatic heterocycles. The molecule has 3 rings (SSSR count). The molecule has 0 aliphatic rings. The van der Waals surface area contributed by atoms with E-state index in [1.807, 2.05) is 60.7 Å². The van der Waals surface area contributed by atoms with Crippen molar-refractivity contribution < 1.29 is 19.0 Å². The van der Waals surface area contributed by atoms with Crippen LogP contribution in [0.15, 0.2) is 72.8 Å². The Labute approximate surface area is 188 Å². The Balaban J connectivity index is 1.73. The zero-order valence-electron chi connectivity index (χ0n) is 18.1. The van der Waals surface area contributed by atoms with E-state index in [1.165, 1.54) is 5.56 Å². The Morgan fingerprint density at radius 2 is 1.35 bits per heavy atom. The predicted octanol–water partition coefficient (Wildman–Crippen LogP) is 5.88. The highest BCUT2D eigenvalue weighted by Crippen LogP contribution is 2.26. The van der Waals surface area contributed by atoms with Crippen LogP contribution >= 0.6 is 11.6 Å². The molecule has 0 radical (unpaired) electrons. The van der Waals surface area contributed by atoms with Gasteiger partial charge >= 0.3 is 5.97 Å². The van der Waals surface area contributed by atoms with Gasteiger partial charge < -0.3 is 14.2 Å². The molecule has 0 bridgehead atoms. The zero-order valence-corrected chi connectivity index (χ0v) is 18.8. The lowest BCUT2D eigenvalue weighted by Gasteiger charge is -2.28. The van der Waals surface area contributed by atoms with Crippen molar-refractivity contribution in [1.82, 2.24) is 0 Å². The van der Waals surface area contributed by atoms with E-state index in [4.69, 9.17) is 25.8 Å². The van der Waals surface area contributed by atoms with Gasteiger partial charge in [0.05, 0.1) is 13.7 Å². The Kier molecular flexibility index (Phi) is 7.59. The summed E-state index contributed by atoms with van der Waals surface area (Å²) in [6.45, 7) is 3.83. The quantitative estimate of drug-likeness (QED) is 0.391. The first-order valence-corrected chi connectivity index (χ1v) is 10.6. The van der Waals surface area contributed by atoms with Gasteiger partial charge in [-0.15, -0.1) is 0 Å². The van der Waals surface area contributed by atoms with Crippen molar-refractivity contribution in [1.29, 1.82) is 0 Å². The molecule has 0 N–H and O–H groups in total. The van der Waals surface area contributed by atoms with E-state index in [-0.39, 0.29) is 0 Å². The molecule has 0 fully saturated rings. The fraction of sp³-hybridized carbons (Fsp3) is 0.269. The van der Waals surface area contributed by atoms with Crippen molar-refractivity contribution in [3.63, 3.8) is 0 Å². The SMILES string of the molecule is CCOC(=O)C(C)(Cc1ccc(Cl)cc1)Oc1ccc(Cc2ccc(OC)cc2)cc1. The summed E-state index contributed by atoms with van der Waals surface area (Å²) in [5, 5.41) is 0.648. The first-order chi connectivity index (χ1) is 14.9. The van der Waals surface area contributed by atoms with Crippen LogP contribution < -0.4 is 9.47 Å². The standard InChI is InChI=1S/C26H27ClO4/c1-4-30-25(28)26(2,18-21-5-11-22(27)12-6-21)31-24-15-9-20(10-16-24)17-19-7-13-23(29-3)14-8-19/h5-16H,4,17-18H2,1-3H3. The lowest BCUT2D eigenvalue weighted by Crippen LogP contribution is -2.45. The number of carbonyl (C=O) groups is 1. The van der Waals surface area contributed by atoms with Crippen LogP contribution in [-0.2, 0) is 22.4 Å². The average molecular weight is 439 g/mol. The fourth-order valence-corrected chi connectivity index (χ4v) is 3.47. The monoisotopic (exact) mass is 438 g/mol. The van der Waals surface area contributed by atoms with Crippen molar-refractivity contribution in [2.45, 2.75) is 32.3 Å². The van der Waals surface area contributed by atoms with Crippen LogP contribution in [-0.4, -0.2) is 25.3 Å². The van der Waals surface area contributed by atoms with Crippen LogP contribution in [0.4, 0.5) is 0 Å². The van der Waals surface area contributed by atoms with Crippen molar-refractivity contribution in [2.24, 2.45) is 0 Å². The van der Waals surface area contributed by atoms with Crippen molar-refractivity contribution in [2.75, 3.05) is 13.7 Å². The molecule has 0 aliphatic heterocycles. The molecular formula is C26H27ClO4. The molecule has 3 aromatic carbocycles. The maximum Gasteiger partial charge on any atom is 0.350 e. The van der Waals surface area contributed by atoms with E-state index in [2.05, 4.69) is 0 Å². The fourth-order valence-electron chi connectivity index (χ4n) is 3.34. The highest BCUT2D eigenvalue weighted by Gasteiger charge is 2.37. The minimum atomic E-state index is -1.15. The zero-order chi connectivity index (χ0) is 22.3. The third-order valence-corrected chi connectivity index (χ3v) is 5.25. The van der Waals surface area contributed by atoms with Crippen LogP contribution in [0.2, 0.25) is 5.02 Å². The molecule has 4 nitrogen and oxygen atoms in total. The molecule has 0 amide bonds. The average Bonchev–Trinajstić information content (AvgIpc) is 2.77. The Bertz CT molecular complexity index is 981. The van der Waals surface area contributed by atoms with Crippen molar-refractivity contribution in [3.05, 3.63) is 94.5 Å². The summed E-state index contributed by atoms with van der Waals surface area (Å²) in [6, 6.07) is 23.2. The normalized spacial score (nSPS) is 12.6. The Morgan fingerprint density at radius 1 is 0.839 bits per heavy atom. The number of methoxy groups -OCH3 is 1. The number of rotatable bonds is 9. The van der Waals surface area contributed by atoms with Gasteiger partial charge in [0.15, 0.2) is 0 Å². The second-order valence-corrected chi connectivity index (χ2v) is 7.96. The molecule has 0 saturated carbocycles. The smallest absolute Gasteiger partial charge is 0.350 e. The van der Waals surface area contributed by atoms with Gasteiger partial charge in [0.25, 0.3) is 0 Å². The molecule has 162 valence electrons. The molecular weight excluding hydrogens is 412 g/mol. The maximum absolute atomic E-state index is 12.7. The Morgan fingerprint density at radius 3 is 1.87 bits per heavy atom. The van der Waals surface area contributed by atoms with Crippen LogP contribution in [0.3, 0.4) is 0 Å². The second-order valence-electron chi connectivity index (χ2n) is 7.53. The van der Waals surface area contributed by atoms with Crippen molar-refractivity contribution >= 4 is 17.6 Å². The van der Waals surface area contributed by atoms with Gasteiger partial charge in [0.1, 0.15) is 11.5 Å². The van der Waals surface area contributed by atoms with Crippen LogP contribution in [0.1, 0.15) is 30.5 Å². The van der Waals surface area contributed by atoms with Crippen LogP contribution in [0.5, 0.6) is 11.5 Å². The summed E-state index contributed by atoms with van der Waals surface area (Å²) in [5.41, 5.74) is 2.12. The van der Waals surface area contributed by atoms with Gasteiger partial charge in [-0.2, -0.15) is 0 Å². The van der Waals surface area contributed by atoms with Gasteiger partial charge in [-0.1, -0.05) is 48.0 Å². The third kappa shape index (κ3) is 6.25. The summed E-state index contributed by atoms with van der Waals surface area (Å²) < 4.78 is 16.7. The number of carbonyl (C=O) groups excluding carboxylic acids is 1. The second kappa shape index (κ2) is 10.4. The number of benzene rings is 3. The highest BCUT2D eigenvalue weighted by atomic mass is 35.5. The highest BCUT2D eigenvalue weighted by molar-refractivity contribution is 6.30. The number of hydrogen-bond donors (Lipinski definition) is 0. The summed E-state index contributed by atoms with van der Waals surface area (Å²) >= 11 is 5.98. The van der Waals surface area contributed by atoms with E-state index in [1.54, 1.807) is 33.1 Å². The predicted molar refractivity (Wildman–Crippen MR) is 123 cm³/mol. The molecule has 3 aromatic rings. The number of halogens is 1. The summed E-state index contributed by atoms with van der Waals surface area (Å²) in [4.78, 5) is 12.7. The summed E-state index contributed by atoms with van der Waals surface area (Å²) in [6.07, 6.45) is 1.17. The molecule has 1 unspecified atom stereocenters. The van der Waals surface area contributed by atoms with Crippen molar-refractivity contribution in [3.8, 4) is 11.5 Å². The topological polar surface area (TPSA) is 44.8 Å². The molecule has 0 saturated heterocycles. The molecule has 1 atom stereocenters. The molecule has 0 heterocycles. The number of ether oxygens (including phenoxy) is 3. The third-order valence-electron chi connectivity index (χ3n) is 5.00. The van der Waals surface area contributed by atoms with E-state index < -0.39 is 11.6 Å². The largest absolute Gasteiger partial charge is 0.497 e. The first-order valence-electron chi connectivity index (χ1n) is 10.2. The number of esters is 1. The number of hydrogen-bond acceptors (Lipinski definition) is 4. The first kappa shape index (κ1) is 22.7. The van der Waals surface area contributed by atoms with E-state index in [0.29, 0.717) is 23.8 Å². The summed E-state index contributed by atoms with van der Waals surface area (Å²) in [5.74, 6) is 1.06. The Hall–Kier alpha value is -2.98. The van der Waals surface area contributed by atoms with Crippen LogP contribution in [0.25, 0.3) is 0 Å². The minimum Gasteiger partial charge on any atom is -0.497 e. The molecule has 0 aliphatic carbocycles. The molecule has 0 spiro atoms. The van der Waals surface area contributed by atoms with Gasteiger partial charge in [-0.3, -0.25) is 0 Å². The maximum atomic E-state index is 12.7. The van der Waals surface area contributed by atoms with Gasteiger partial charge in [0.2, 0.25) is 5.60 Å². The van der Waals surface area contributed by atoms with Gasteiger partial charge in [-0.05, 0) is 73.4 Å². The van der Waals surface area contributed by atoms with Gasteiger partial charge in [-0.25, -0.2) is 4.79 Å². The lowest BCUT2D eigenvalue weighted by molar-refractivity contribution is -0.160. The molecule has 5 heteroatoms. The van der Waals surface area contributed by atoms with E-state index >= 15 is 0 Å². The van der Waals surface area contributed by atoms with E-state index in [0.717, 1.165) is 23.3 Å². The summed E-state index contributed by atoms with van der Waals surface area (Å²) in [7, 11) is 1.66. The minimum absolute atomic E-state index is 0.291. The van der Waals surface area contributed by atoms with Gasteiger partial charge in [0, 0.05) is 11.4 Å².